The fraction of sp³-hybridized carbons (Fsp3) is 0.472. The van der Waals surface area contributed by atoms with Crippen molar-refractivity contribution in [2.75, 3.05) is 46.7 Å². The Morgan fingerprint density at radius 1 is 0.705 bits per heavy atom. The third-order valence-corrected chi connectivity index (χ3v) is 2.43. The second kappa shape index (κ2) is 77.4. The highest BCUT2D eigenvalue weighted by molar-refractivity contribution is 14.1. The Morgan fingerprint density at radius 3 is 0.909 bits per heavy atom. The van der Waals surface area contributed by atoms with Crippen LogP contribution in [0.1, 0.15) is 68.7 Å². The number of carbonyl (C=O) groups excluding carboxylic acids is 1. The molecule has 8 heteroatoms. The first-order chi connectivity index (χ1) is 21.0. The van der Waals surface area contributed by atoms with E-state index >= 15 is 0 Å². The van der Waals surface area contributed by atoms with Crippen molar-refractivity contribution in [2.24, 2.45) is 9.98 Å². The van der Waals surface area contributed by atoms with E-state index in [0.717, 1.165) is 0 Å². The highest BCUT2D eigenvalue weighted by Crippen LogP contribution is 1.80. The number of nitriles is 2. The van der Waals surface area contributed by atoms with Crippen molar-refractivity contribution < 1.29 is 4.79 Å². The number of allylic oxidation sites excluding steroid dienone is 2. The molecule has 7 nitrogen and oxygen atoms in total. The molecule has 0 fully saturated rings. The van der Waals surface area contributed by atoms with E-state index in [1.807, 2.05) is 164 Å². The second-order valence-corrected chi connectivity index (χ2v) is 8.83. The molecule has 0 unspecified atom stereocenters. The van der Waals surface area contributed by atoms with Crippen LogP contribution in [0.15, 0.2) is 94.9 Å². The van der Waals surface area contributed by atoms with E-state index in [0.29, 0.717) is 6.42 Å². The van der Waals surface area contributed by atoms with E-state index in [9.17, 15) is 4.79 Å². The second-order valence-electron chi connectivity index (χ2n) is 7.30. The summed E-state index contributed by atoms with van der Waals surface area (Å²) in [4.78, 5) is 20.7. The molecule has 0 saturated carbocycles. The predicted molar refractivity (Wildman–Crippen MR) is 209 cm³/mol. The summed E-state index contributed by atoms with van der Waals surface area (Å²) in [6.07, 6.45) is 7.25. The molecule has 0 radical (unpaired) electrons. The third kappa shape index (κ3) is 177. The predicted octanol–water partition coefficient (Wildman–Crippen LogP) is 9.88. The Kier molecular flexibility index (Phi) is 105. The number of alkyl halides is 1. The van der Waals surface area contributed by atoms with E-state index in [2.05, 4.69) is 39.5 Å². The van der Waals surface area contributed by atoms with Gasteiger partial charge in [-0.05, 0) is 25.2 Å². The molecule has 0 amide bonds. The Bertz CT molecular complexity index is 738. The highest BCUT2D eigenvalue weighted by Gasteiger charge is 1.68. The minimum atomic E-state index is 0.167. The minimum absolute atomic E-state index is 0.167. The molecule has 0 bridgehead atoms. The monoisotopic (exact) mass is 724 g/mol. The van der Waals surface area contributed by atoms with Gasteiger partial charge in [0.1, 0.15) is 5.78 Å². The van der Waals surface area contributed by atoms with Crippen molar-refractivity contribution in [2.45, 2.75) is 68.7 Å². The first kappa shape index (κ1) is 59.8. The van der Waals surface area contributed by atoms with E-state index < -0.39 is 0 Å². The third-order valence-electron chi connectivity index (χ3n) is 2.43. The summed E-state index contributed by atoms with van der Waals surface area (Å²) >= 11 is 2.29. The number of hydrogen-bond donors (Lipinski definition) is 0. The fourth-order valence-corrected chi connectivity index (χ4v) is 1.31. The number of nitrogens with zero attached hydrogens (tertiary/aromatic N) is 6. The summed E-state index contributed by atoms with van der Waals surface area (Å²) in [6, 6.07) is 27.8. The van der Waals surface area contributed by atoms with Gasteiger partial charge in [0, 0.05) is 54.8 Å². The zero-order chi connectivity index (χ0) is 36.3. The molecular weight excluding hydrogens is 659 g/mol. The molecule has 252 valence electrons. The number of halogens is 1. The van der Waals surface area contributed by atoms with Crippen molar-refractivity contribution >= 4 is 41.1 Å². The molecule has 0 aliphatic carbocycles. The van der Waals surface area contributed by atoms with Crippen LogP contribution in [-0.4, -0.2) is 75.0 Å². The number of rotatable bonds is 2. The van der Waals surface area contributed by atoms with Gasteiger partial charge in [-0.15, -0.1) is 0 Å². The van der Waals surface area contributed by atoms with Gasteiger partial charge >= 0.3 is 0 Å². The van der Waals surface area contributed by atoms with Crippen LogP contribution in [-0.2, 0) is 4.79 Å². The van der Waals surface area contributed by atoms with Gasteiger partial charge in [-0.2, -0.15) is 10.5 Å². The van der Waals surface area contributed by atoms with E-state index in [1.54, 1.807) is 32.8 Å². The van der Waals surface area contributed by atoms with Crippen LogP contribution in [0.5, 0.6) is 0 Å². The molecule has 2 aromatic carbocycles. The van der Waals surface area contributed by atoms with Crippen LogP contribution in [0.25, 0.3) is 0 Å². The maximum atomic E-state index is 9.44. The van der Waals surface area contributed by atoms with Gasteiger partial charge in [0.2, 0.25) is 0 Å². The van der Waals surface area contributed by atoms with Crippen molar-refractivity contribution in [1.82, 2.24) is 9.80 Å². The number of aliphatic imine (C=N–C) groups is 2. The van der Waals surface area contributed by atoms with Gasteiger partial charge in [0.05, 0.1) is 24.8 Å². The number of Topliss-reactive ketones (excluding diaryl/α,β-unsaturated/α-hetero) is 1. The molecule has 0 spiro atoms. The Balaban J connectivity index is -0.0000000557. The van der Waals surface area contributed by atoms with Gasteiger partial charge in [0.25, 0.3) is 0 Å². The molecule has 2 aromatic rings. The van der Waals surface area contributed by atoms with E-state index in [1.165, 1.54) is 24.4 Å². The molecule has 0 aliphatic rings. The molecule has 0 heterocycles. The van der Waals surface area contributed by atoms with Gasteiger partial charge in [-0.25, -0.2) is 0 Å². The van der Waals surface area contributed by atoms with E-state index in [4.69, 9.17) is 10.5 Å². The summed E-state index contributed by atoms with van der Waals surface area (Å²) in [7, 11) is 11.2. The first-order valence-electron chi connectivity index (χ1n) is 14.6. The summed E-state index contributed by atoms with van der Waals surface area (Å²) in [5, 5.41) is 15.4. The summed E-state index contributed by atoms with van der Waals surface area (Å²) in [5.74, 6) is 0.167. The van der Waals surface area contributed by atoms with Crippen LogP contribution < -0.4 is 0 Å². The molecule has 0 saturated heterocycles. The molecule has 44 heavy (non-hydrogen) atoms. The minimum Gasteiger partial charge on any atom is -0.369 e. The molecule has 0 atom stereocenters. The van der Waals surface area contributed by atoms with Crippen molar-refractivity contribution in [1.29, 1.82) is 10.5 Å². The van der Waals surface area contributed by atoms with Crippen LogP contribution >= 0.6 is 22.6 Å². The summed E-state index contributed by atoms with van der Waals surface area (Å²) in [6.45, 7) is 16.8. The Labute approximate surface area is 287 Å². The van der Waals surface area contributed by atoms with Crippen LogP contribution in [0.2, 0.25) is 0 Å². The van der Waals surface area contributed by atoms with Crippen LogP contribution in [0.3, 0.4) is 0 Å². The zero-order valence-electron chi connectivity index (χ0n) is 30.6. The standard InChI is InChI=1S/2C6H6.2C4H10N2.C4H5N.C3H5N.C3H6O.C2H5I.2C2H6/c2*1-2-4-6-5-3-1;2*1-5-4-6(2)3;1-2-3-4-5;1-2-3-4;1-3(2)4;1-2-3;2*1-2/h2*1-6H;2*4H,1-3H3;2-3H,1H3;2H2,1H3;1-2H3;2H2,1H3;2*1-2H3. The maximum Gasteiger partial charge on any atom is 0.126 e. The zero-order valence-corrected chi connectivity index (χ0v) is 32.8. The van der Waals surface area contributed by atoms with Crippen molar-refractivity contribution in [3.8, 4) is 12.1 Å². The maximum absolute atomic E-state index is 9.44. The average Bonchev–Trinajstić information content (AvgIpc) is 3.03. The normalized spacial score (nSPS) is 7.50. The lowest BCUT2D eigenvalue weighted by Gasteiger charge is -1.98. The first-order valence-corrected chi connectivity index (χ1v) is 16.1. The van der Waals surface area contributed by atoms with Gasteiger partial charge in [-0.1, -0.05) is 143 Å². The van der Waals surface area contributed by atoms with Crippen LogP contribution in [0, 0.1) is 22.7 Å². The largest absolute Gasteiger partial charge is 0.369 e. The SMILES string of the molecule is CC.CC.CC(C)=O.CC=CC#N.CCC#N.CCI.CN=CN(C)C.CN=CN(C)C.c1ccccc1.c1ccccc1. The molecule has 0 aromatic heterocycles. The lowest BCUT2D eigenvalue weighted by Crippen LogP contribution is -2.06. The molecule has 0 N–H and O–H groups in total. The smallest absolute Gasteiger partial charge is 0.126 e. The summed E-state index contributed by atoms with van der Waals surface area (Å²) < 4.78 is 1.22. The lowest BCUT2D eigenvalue weighted by molar-refractivity contribution is -0.115. The van der Waals surface area contributed by atoms with Gasteiger partial charge in [0.15, 0.2) is 0 Å². The number of hydrogen-bond acceptors (Lipinski definition) is 5. The quantitative estimate of drug-likeness (QED) is 0.101. The Hall–Kier alpha value is -3.50. The van der Waals surface area contributed by atoms with Crippen LogP contribution in [0.4, 0.5) is 0 Å². The summed E-state index contributed by atoms with van der Waals surface area (Å²) in [5.41, 5.74) is 0. The fourth-order valence-electron chi connectivity index (χ4n) is 1.31. The van der Waals surface area contributed by atoms with Gasteiger partial charge < -0.3 is 14.6 Å². The van der Waals surface area contributed by atoms with Crippen molar-refractivity contribution in [3.63, 3.8) is 0 Å². The molecule has 2 rings (SSSR count). The lowest BCUT2D eigenvalue weighted by atomic mass is 10.4. The number of benzene rings is 2. The van der Waals surface area contributed by atoms with Gasteiger partial charge in [-0.3, -0.25) is 9.98 Å². The average molecular weight is 725 g/mol. The highest BCUT2D eigenvalue weighted by atomic mass is 127. The molecular formula is C36H65IN6O. The number of carbonyl (C=O) groups is 1. The Morgan fingerprint density at radius 2 is 0.886 bits per heavy atom. The van der Waals surface area contributed by atoms with Crippen molar-refractivity contribution in [3.05, 3.63) is 84.9 Å². The van der Waals surface area contributed by atoms with E-state index in [-0.39, 0.29) is 5.78 Å². The molecule has 0 aliphatic heterocycles. The topological polar surface area (TPSA) is 95.8 Å². The number of ketones is 1.